The Kier molecular flexibility index (Phi) is 6.49. The number of rotatable bonds is 4. The normalized spacial score (nSPS) is 27.0. The van der Waals surface area contributed by atoms with Crippen LogP contribution < -0.4 is 5.32 Å². The van der Waals surface area contributed by atoms with E-state index in [0.29, 0.717) is 11.8 Å². The molecule has 3 atom stereocenters. The fourth-order valence-corrected chi connectivity index (χ4v) is 5.13. The van der Waals surface area contributed by atoms with Crippen molar-refractivity contribution in [2.45, 2.75) is 58.1 Å². The summed E-state index contributed by atoms with van der Waals surface area (Å²) in [5, 5.41) is 3.21. The standard InChI is InChI=1S/C25H36N2O3/c1-25(2,3)30-24(28)26-23-20-8-9-21(23)17-22-15-18(6-7-19(22)16-20)5-4-10-27-11-13-29-14-12-27/h4-7,15,20-21,23H,8-14,16-17H2,1-3H3,(H,26,28)/b5-4+/t20-,21+,23-/m1/s1. The van der Waals surface area contributed by atoms with Crippen LogP contribution >= 0.6 is 0 Å². The number of hydrogen-bond acceptors (Lipinski definition) is 4. The summed E-state index contributed by atoms with van der Waals surface area (Å²) < 4.78 is 10.9. The van der Waals surface area contributed by atoms with Crippen molar-refractivity contribution in [2.75, 3.05) is 32.8 Å². The van der Waals surface area contributed by atoms with Crippen LogP contribution in [0.25, 0.3) is 6.08 Å². The van der Waals surface area contributed by atoms with E-state index in [1.54, 1.807) is 0 Å². The number of carbonyl (C=O) groups excluding carboxylic acids is 1. The van der Waals surface area contributed by atoms with Crippen molar-refractivity contribution in [3.8, 4) is 0 Å². The number of fused-ring (bicyclic) bond motifs is 3. The van der Waals surface area contributed by atoms with Crippen molar-refractivity contribution >= 4 is 12.2 Å². The van der Waals surface area contributed by atoms with Crippen LogP contribution in [0.4, 0.5) is 4.79 Å². The lowest BCUT2D eigenvalue weighted by Gasteiger charge is -2.26. The van der Waals surface area contributed by atoms with Gasteiger partial charge in [0.25, 0.3) is 0 Å². The molecule has 164 valence electrons. The van der Waals surface area contributed by atoms with E-state index < -0.39 is 5.60 Å². The zero-order chi connectivity index (χ0) is 21.1. The van der Waals surface area contributed by atoms with Gasteiger partial charge in [0.15, 0.2) is 0 Å². The number of carbonyl (C=O) groups is 1. The maximum absolute atomic E-state index is 12.4. The molecule has 2 aliphatic carbocycles. The number of hydrogen-bond donors (Lipinski definition) is 1. The average Bonchev–Trinajstić information content (AvgIpc) is 2.95. The Morgan fingerprint density at radius 3 is 2.57 bits per heavy atom. The van der Waals surface area contributed by atoms with Gasteiger partial charge in [-0.05, 0) is 75.0 Å². The zero-order valence-corrected chi connectivity index (χ0v) is 18.7. The van der Waals surface area contributed by atoms with Crippen molar-refractivity contribution < 1.29 is 14.3 Å². The first kappa shape index (κ1) is 21.4. The Morgan fingerprint density at radius 2 is 1.87 bits per heavy atom. The van der Waals surface area contributed by atoms with Gasteiger partial charge in [-0.25, -0.2) is 4.79 Å². The van der Waals surface area contributed by atoms with Crippen LogP contribution in [-0.4, -0.2) is 55.5 Å². The second kappa shape index (κ2) is 9.11. The fraction of sp³-hybridized carbons (Fsp3) is 0.640. The molecule has 0 radical (unpaired) electrons. The molecule has 5 nitrogen and oxygen atoms in total. The smallest absolute Gasteiger partial charge is 0.407 e. The van der Waals surface area contributed by atoms with Crippen molar-refractivity contribution in [3.63, 3.8) is 0 Å². The Bertz CT molecular complexity index is 777. The second-order valence-electron chi connectivity index (χ2n) is 10.0. The molecule has 0 spiro atoms. The van der Waals surface area contributed by atoms with Gasteiger partial charge in [0.1, 0.15) is 5.60 Å². The minimum atomic E-state index is -0.459. The molecule has 4 rings (SSSR count). The zero-order valence-electron chi connectivity index (χ0n) is 18.7. The third kappa shape index (κ3) is 5.44. The predicted molar refractivity (Wildman–Crippen MR) is 120 cm³/mol. The highest BCUT2D eigenvalue weighted by atomic mass is 16.6. The highest BCUT2D eigenvalue weighted by Crippen LogP contribution is 2.40. The van der Waals surface area contributed by atoms with Gasteiger partial charge in [-0.1, -0.05) is 30.4 Å². The number of ether oxygens (including phenoxy) is 2. The Morgan fingerprint density at radius 1 is 1.17 bits per heavy atom. The predicted octanol–water partition coefficient (Wildman–Crippen LogP) is 4.05. The molecule has 1 saturated carbocycles. The summed E-state index contributed by atoms with van der Waals surface area (Å²) in [5.41, 5.74) is 3.71. The third-order valence-corrected chi connectivity index (χ3v) is 6.58. The van der Waals surface area contributed by atoms with E-state index in [9.17, 15) is 4.79 Å². The Balaban J connectivity index is 1.40. The van der Waals surface area contributed by atoms with E-state index in [1.807, 2.05) is 20.8 Å². The molecule has 0 aromatic heterocycles. The van der Waals surface area contributed by atoms with Crippen molar-refractivity contribution in [1.82, 2.24) is 10.2 Å². The molecule has 1 aromatic carbocycles. The summed E-state index contributed by atoms with van der Waals surface area (Å²) in [6.07, 6.45) is 8.69. The summed E-state index contributed by atoms with van der Waals surface area (Å²) in [6, 6.07) is 7.11. The van der Waals surface area contributed by atoms with Crippen LogP contribution in [0.1, 0.15) is 50.3 Å². The van der Waals surface area contributed by atoms with E-state index in [2.05, 4.69) is 40.6 Å². The molecule has 3 aliphatic rings. The third-order valence-electron chi connectivity index (χ3n) is 6.58. The summed E-state index contributed by atoms with van der Waals surface area (Å²) in [7, 11) is 0. The van der Waals surface area contributed by atoms with E-state index in [1.165, 1.54) is 29.5 Å². The minimum Gasteiger partial charge on any atom is -0.444 e. The van der Waals surface area contributed by atoms with Crippen LogP contribution in [0.2, 0.25) is 0 Å². The Hall–Kier alpha value is -1.85. The molecule has 1 saturated heterocycles. The van der Waals surface area contributed by atoms with Gasteiger partial charge in [-0.15, -0.1) is 0 Å². The monoisotopic (exact) mass is 412 g/mol. The molecular formula is C25H36N2O3. The number of alkyl carbamates (subject to hydrolysis) is 1. The summed E-state index contributed by atoms with van der Waals surface area (Å²) in [4.78, 5) is 14.8. The lowest BCUT2D eigenvalue weighted by molar-refractivity contribution is 0.0435. The topological polar surface area (TPSA) is 50.8 Å². The maximum Gasteiger partial charge on any atom is 0.407 e. The largest absolute Gasteiger partial charge is 0.444 e. The molecule has 0 unspecified atom stereocenters. The van der Waals surface area contributed by atoms with Crippen LogP contribution in [0.15, 0.2) is 24.3 Å². The quantitative estimate of drug-likeness (QED) is 0.811. The molecule has 1 heterocycles. The van der Waals surface area contributed by atoms with Crippen molar-refractivity contribution in [2.24, 2.45) is 11.8 Å². The molecule has 2 fully saturated rings. The first-order chi connectivity index (χ1) is 14.4. The average molecular weight is 413 g/mol. The van der Waals surface area contributed by atoms with Crippen molar-refractivity contribution in [1.29, 1.82) is 0 Å². The molecule has 1 amide bonds. The lowest BCUT2D eigenvalue weighted by Crippen LogP contribution is -2.44. The van der Waals surface area contributed by atoms with Gasteiger partial charge in [-0.2, -0.15) is 0 Å². The first-order valence-electron chi connectivity index (χ1n) is 11.5. The van der Waals surface area contributed by atoms with Crippen molar-refractivity contribution in [3.05, 3.63) is 41.0 Å². The second-order valence-corrected chi connectivity index (χ2v) is 10.0. The van der Waals surface area contributed by atoms with E-state index in [0.717, 1.165) is 45.7 Å². The summed E-state index contributed by atoms with van der Waals surface area (Å²) >= 11 is 0. The van der Waals surface area contributed by atoms with Crippen LogP contribution in [0.3, 0.4) is 0 Å². The number of amides is 1. The van der Waals surface area contributed by atoms with Crippen LogP contribution in [0.5, 0.6) is 0 Å². The first-order valence-corrected chi connectivity index (χ1v) is 11.5. The number of nitrogens with one attached hydrogen (secondary N) is 1. The minimum absolute atomic E-state index is 0.215. The van der Waals surface area contributed by atoms with Gasteiger partial charge in [0.05, 0.1) is 13.2 Å². The van der Waals surface area contributed by atoms with Gasteiger partial charge in [0.2, 0.25) is 0 Å². The number of nitrogens with zero attached hydrogens (tertiary/aromatic N) is 1. The molecule has 1 N–H and O–H groups in total. The maximum atomic E-state index is 12.4. The van der Waals surface area contributed by atoms with E-state index in [4.69, 9.17) is 9.47 Å². The van der Waals surface area contributed by atoms with E-state index >= 15 is 0 Å². The SMILES string of the molecule is CC(C)(C)OC(=O)N[C@@H]1[C@@H]2CC[C@H]1Cc1cc(/C=C/CN3CCOCC3)ccc1C2. The summed E-state index contributed by atoms with van der Waals surface area (Å²) in [5.74, 6) is 1.00. The molecule has 1 aliphatic heterocycles. The molecular weight excluding hydrogens is 376 g/mol. The lowest BCUT2D eigenvalue weighted by atomic mass is 9.92. The molecule has 1 aromatic rings. The van der Waals surface area contributed by atoms with Gasteiger partial charge >= 0.3 is 6.09 Å². The highest BCUT2D eigenvalue weighted by molar-refractivity contribution is 5.68. The van der Waals surface area contributed by atoms with Crippen LogP contribution in [0, 0.1) is 11.8 Å². The summed E-state index contributed by atoms with van der Waals surface area (Å²) in [6.45, 7) is 10.4. The highest BCUT2D eigenvalue weighted by Gasteiger charge is 2.40. The molecule has 30 heavy (non-hydrogen) atoms. The van der Waals surface area contributed by atoms with Gasteiger partial charge < -0.3 is 14.8 Å². The van der Waals surface area contributed by atoms with Crippen LogP contribution in [-0.2, 0) is 22.3 Å². The Labute approximate surface area is 180 Å². The van der Waals surface area contributed by atoms with E-state index in [-0.39, 0.29) is 12.1 Å². The molecule has 5 heteroatoms. The fourth-order valence-electron chi connectivity index (χ4n) is 5.13. The van der Waals surface area contributed by atoms with Gasteiger partial charge in [0, 0.05) is 25.7 Å². The number of morpholine rings is 1. The number of benzene rings is 1. The molecule has 2 bridgehead atoms. The van der Waals surface area contributed by atoms with Gasteiger partial charge in [-0.3, -0.25) is 4.90 Å².